The Labute approximate surface area is 94.4 Å². The van der Waals surface area contributed by atoms with Crippen LogP contribution in [0, 0.1) is 5.92 Å². The van der Waals surface area contributed by atoms with Crippen molar-refractivity contribution in [3.63, 3.8) is 0 Å². The molecule has 2 heteroatoms. The van der Waals surface area contributed by atoms with Gasteiger partial charge in [-0.3, -0.25) is 4.79 Å². The molecular weight excluding hydrogens is 188 g/mol. The molecule has 0 amide bonds. The molecule has 0 fully saturated rings. The van der Waals surface area contributed by atoms with Gasteiger partial charge in [0.05, 0.1) is 6.61 Å². The van der Waals surface area contributed by atoms with Gasteiger partial charge in [0.25, 0.3) is 0 Å². The number of Topliss-reactive ketones (excluding diaryl/α,β-unsaturated/α-hetero) is 1. The molecule has 0 spiro atoms. The zero-order chi connectivity index (χ0) is 11.5. The van der Waals surface area contributed by atoms with Crippen molar-refractivity contribution < 1.29 is 9.53 Å². The van der Waals surface area contributed by atoms with Crippen molar-refractivity contribution in [1.29, 1.82) is 0 Å². The van der Waals surface area contributed by atoms with Gasteiger partial charge < -0.3 is 4.74 Å². The lowest BCUT2D eigenvalue weighted by molar-refractivity contribution is -0.118. The second-order valence-corrected chi connectivity index (χ2v) is 4.66. The molecule has 0 saturated carbocycles. The summed E-state index contributed by atoms with van der Waals surface area (Å²) in [5.41, 5.74) is 0. The summed E-state index contributed by atoms with van der Waals surface area (Å²) >= 11 is 0. The van der Waals surface area contributed by atoms with Crippen molar-refractivity contribution >= 4 is 5.78 Å². The average Bonchev–Trinajstić information content (AvgIpc) is 2.14. The van der Waals surface area contributed by atoms with Gasteiger partial charge in [-0.25, -0.2) is 0 Å². The lowest BCUT2D eigenvalue weighted by Gasteiger charge is -2.05. The van der Waals surface area contributed by atoms with Gasteiger partial charge >= 0.3 is 0 Å². The third-order valence-electron chi connectivity index (χ3n) is 2.42. The topological polar surface area (TPSA) is 26.3 Å². The molecular formula is C13H26O2. The van der Waals surface area contributed by atoms with Crippen molar-refractivity contribution in [2.45, 2.75) is 59.3 Å². The van der Waals surface area contributed by atoms with Crippen LogP contribution in [-0.4, -0.2) is 19.0 Å². The molecule has 0 aromatic carbocycles. The van der Waals surface area contributed by atoms with Crippen LogP contribution in [0.2, 0.25) is 0 Å². The molecule has 0 radical (unpaired) electrons. The van der Waals surface area contributed by atoms with Crippen LogP contribution in [0.25, 0.3) is 0 Å². The van der Waals surface area contributed by atoms with Crippen LogP contribution in [0.5, 0.6) is 0 Å². The van der Waals surface area contributed by atoms with Crippen LogP contribution >= 0.6 is 0 Å². The normalized spacial score (nSPS) is 10.9. The molecule has 0 atom stereocenters. The Hall–Kier alpha value is -0.370. The van der Waals surface area contributed by atoms with Crippen LogP contribution in [0.15, 0.2) is 0 Å². The minimum atomic E-state index is 0.215. The van der Waals surface area contributed by atoms with Crippen LogP contribution in [-0.2, 0) is 9.53 Å². The van der Waals surface area contributed by atoms with Gasteiger partial charge in [-0.05, 0) is 19.3 Å². The van der Waals surface area contributed by atoms with E-state index >= 15 is 0 Å². The number of unbranched alkanes of at least 4 members (excludes halogenated alkanes) is 3. The number of rotatable bonds is 10. The van der Waals surface area contributed by atoms with Crippen molar-refractivity contribution in [2.75, 3.05) is 13.2 Å². The molecule has 0 aromatic rings. The van der Waals surface area contributed by atoms with Gasteiger partial charge in [0.2, 0.25) is 0 Å². The Balaban J connectivity index is 2.96. The molecule has 0 aromatic heterocycles. The fourth-order valence-corrected chi connectivity index (χ4v) is 1.43. The first-order valence-corrected chi connectivity index (χ1v) is 6.20. The summed E-state index contributed by atoms with van der Waals surface area (Å²) in [4.78, 5) is 10.6. The second kappa shape index (κ2) is 10.2. The summed E-state index contributed by atoms with van der Waals surface area (Å²) in [6, 6.07) is 0. The molecule has 0 saturated heterocycles. The molecule has 0 aliphatic carbocycles. The van der Waals surface area contributed by atoms with Gasteiger partial charge in [-0.1, -0.05) is 39.5 Å². The molecule has 2 nitrogen and oxygen atoms in total. The van der Waals surface area contributed by atoms with E-state index in [0.717, 1.165) is 18.9 Å². The number of ketones is 1. The van der Waals surface area contributed by atoms with Gasteiger partial charge in [-0.2, -0.15) is 0 Å². The smallest absolute Gasteiger partial charge is 0.132 e. The quantitative estimate of drug-likeness (QED) is 0.519. The monoisotopic (exact) mass is 214 g/mol. The van der Waals surface area contributed by atoms with E-state index in [0.29, 0.717) is 13.0 Å². The average molecular weight is 214 g/mol. The molecule has 0 aliphatic heterocycles. The minimum absolute atomic E-state index is 0.215. The number of hydrogen-bond donors (Lipinski definition) is 0. The Morgan fingerprint density at radius 3 is 2.33 bits per heavy atom. The van der Waals surface area contributed by atoms with Crippen LogP contribution in [0.3, 0.4) is 0 Å². The van der Waals surface area contributed by atoms with Crippen molar-refractivity contribution in [1.82, 2.24) is 0 Å². The molecule has 0 aliphatic rings. The molecule has 0 N–H and O–H groups in total. The molecule has 0 unspecified atom stereocenters. The lowest BCUT2D eigenvalue weighted by Crippen LogP contribution is -2.01. The highest BCUT2D eigenvalue weighted by atomic mass is 16.5. The minimum Gasteiger partial charge on any atom is -0.381 e. The van der Waals surface area contributed by atoms with Gasteiger partial charge in [0.1, 0.15) is 5.78 Å². The van der Waals surface area contributed by atoms with Crippen molar-refractivity contribution in [3.05, 3.63) is 0 Å². The standard InChI is InChI=1S/C13H26O2/c1-12(2)8-6-4-5-7-10-15-11-9-13(3)14/h12H,4-11H2,1-3H3. The van der Waals surface area contributed by atoms with E-state index < -0.39 is 0 Å². The van der Waals surface area contributed by atoms with E-state index in [1.165, 1.54) is 25.7 Å². The summed E-state index contributed by atoms with van der Waals surface area (Å²) in [6.07, 6.45) is 6.95. The van der Waals surface area contributed by atoms with E-state index in [1.54, 1.807) is 6.92 Å². The highest BCUT2D eigenvalue weighted by Gasteiger charge is 1.95. The van der Waals surface area contributed by atoms with E-state index in [2.05, 4.69) is 13.8 Å². The zero-order valence-electron chi connectivity index (χ0n) is 10.6. The number of carbonyl (C=O) groups is 1. The predicted molar refractivity (Wildman–Crippen MR) is 64.0 cm³/mol. The van der Waals surface area contributed by atoms with E-state index in [1.807, 2.05) is 0 Å². The van der Waals surface area contributed by atoms with Gasteiger partial charge in [0, 0.05) is 13.0 Å². The molecule has 90 valence electrons. The fraction of sp³-hybridized carbons (Fsp3) is 0.923. The summed E-state index contributed by atoms with van der Waals surface area (Å²) in [7, 11) is 0. The first-order chi connectivity index (χ1) is 7.13. The van der Waals surface area contributed by atoms with E-state index in [-0.39, 0.29) is 5.78 Å². The van der Waals surface area contributed by atoms with Gasteiger partial charge in [0.15, 0.2) is 0 Å². The van der Waals surface area contributed by atoms with Gasteiger partial charge in [-0.15, -0.1) is 0 Å². The number of carbonyl (C=O) groups excluding carboxylic acids is 1. The van der Waals surface area contributed by atoms with E-state index in [4.69, 9.17) is 4.74 Å². The maximum absolute atomic E-state index is 10.6. The highest BCUT2D eigenvalue weighted by Crippen LogP contribution is 2.09. The second-order valence-electron chi connectivity index (χ2n) is 4.66. The zero-order valence-corrected chi connectivity index (χ0v) is 10.6. The lowest BCUT2D eigenvalue weighted by atomic mass is 10.0. The number of hydrogen-bond acceptors (Lipinski definition) is 2. The summed E-state index contributed by atoms with van der Waals surface area (Å²) in [6.45, 7) is 7.56. The summed E-state index contributed by atoms with van der Waals surface area (Å²) < 4.78 is 5.35. The fourth-order valence-electron chi connectivity index (χ4n) is 1.43. The Kier molecular flexibility index (Phi) is 9.91. The van der Waals surface area contributed by atoms with Crippen molar-refractivity contribution in [2.24, 2.45) is 5.92 Å². The van der Waals surface area contributed by atoms with Crippen LogP contribution in [0.1, 0.15) is 59.3 Å². The van der Waals surface area contributed by atoms with Crippen molar-refractivity contribution in [3.8, 4) is 0 Å². The molecule has 15 heavy (non-hydrogen) atoms. The number of ether oxygens (including phenoxy) is 1. The predicted octanol–water partition coefficient (Wildman–Crippen LogP) is 3.59. The maximum atomic E-state index is 10.6. The third-order valence-corrected chi connectivity index (χ3v) is 2.42. The molecule has 0 bridgehead atoms. The Bertz CT molecular complexity index is 153. The Morgan fingerprint density at radius 2 is 1.73 bits per heavy atom. The van der Waals surface area contributed by atoms with Crippen LogP contribution in [0.4, 0.5) is 0 Å². The maximum Gasteiger partial charge on any atom is 0.132 e. The summed E-state index contributed by atoms with van der Waals surface area (Å²) in [5, 5.41) is 0. The third kappa shape index (κ3) is 13.6. The van der Waals surface area contributed by atoms with E-state index in [9.17, 15) is 4.79 Å². The first-order valence-electron chi connectivity index (χ1n) is 6.20. The summed E-state index contributed by atoms with van der Waals surface area (Å²) in [5.74, 6) is 1.05. The Morgan fingerprint density at radius 1 is 1.07 bits per heavy atom. The van der Waals surface area contributed by atoms with Crippen LogP contribution < -0.4 is 0 Å². The molecule has 0 rings (SSSR count). The largest absolute Gasteiger partial charge is 0.381 e. The highest BCUT2D eigenvalue weighted by molar-refractivity contribution is 5.75. The SMILES string of the molecule is CC(=O)CCOCCCCCCC(C)C. The molecule has 0 heterocycles. The first kappa shape index (κ1) is 14.6.